The van der Waals surface area contributed by atoms with E-state index in [9.17, 15) is 15.0 Å². The zero-order chi connectivity index (χ0) is 15.3. The molecule has 1 unspecified atom stereocenters. The SMILES string of the molecule is Nc1nc2c(nc(Cl)n2[C@@H]2O[C@H](CO)C(O)[C@@H]2O)c(=O)[nH]1. The minimum atomic E-state index is -1.38. The molecule has 21 heavy (non-hydrogen) atoms. The highest BCUT2D eigenvalue weighted by Gasteiger charge is 2.44. The number of aromatic nitrogens is 4. The number of nitrogens with one attached hydrogen (secondary N) is 1. The third-order valence-corrected chi connectivity index (χ3v) is 3.56. The van der Waals surface area contributed by atoms with Crippen molar-refractivity contribution in [2.24, 2.45) is 0 Å². The third kappa shape index (κ3) is 2.08. The second-order valence-electron chi connectivity index (χ2n) is 4.60. The van der Waals surface area contributed by atoms with E-state index in [1.54, 1.807) is 0 Å². The Balaban J connectivity index is 2.17. The Hall–Kier alpha value is -1.72. The smallest absolute Gasteiger partial charge is 0.280 e. The van der Waals surface area contributed by atoms with Crippen LogP contribution in [0.1, 0.15) is 6.23 Å². The van der Waals surface area contributed by atoms with Gasteiger partial charge >= 0.3 is 0 Å². The van der Waals surface area contributed by atoms with Gasteiger partial charge in [-0.05, 0) is 11.6 Å². The molecule has 0 amide bonds. The van der Waals surface area contributed by atoms with Gasteiger partial charge in [0.05, 0.1) is 6.61 Å². The lowest BCUT2D eigenvalue weighted by molar-refractivity contribution is -0.0509. The number of rotatable bonds is 2. The molecule has 1 aliphatic rings. The van der Waals surface area contributed by atoms with Crippen molar-refractivity contribution in [2.75, 3.05) is 12.3 Å². The second-order valence-corrected chi connectivity index (χ2v) is 4.94. The van der Waals surface area contributed by atoms with Crippen LogP contribution in [-0.4, -0.2) is 59.8 Å². The Morgan fingerprint density at radius 2 is 2.10 bits per heavy atom. The van der Waals surface area contributed by atoms with Crippen LogP contribution < -0.4 is 11.3 Å². The van der Waals surface area contributed by atoms with Gasteiger partial charge in [-0.25, -0.2) is 4.98 Å². The van der Waals surface area contributed by atoms with Crippen molar-refractivity contribution >= 4 is 28.7 Å². The van der Waals surface area contributed by atoms with Crippen LogP contribution in [0.5, 0.6) is 0 Å². The molecule has 10 nitrogen and oxygen atoms in total. The highest BCUT2D eigenvalue weighted by molar-refractivity contribution is 6.29. The molecule has 0 aliphatic carbocycles. The molecule has 2 aromatic heterocycles. The van der Waals surface area contributed by atoms with E-state index in [4.69, 9.17) is 27.2 Å². The van der Waals surface area contributed by atoms with Crippen LogP contribution in [-0.2, 0) is 4.74 Å². The molecule has 0 aromatic carbocycles. The second kappa shape index (κ2) is 4.93. The first-order valence-electron chi connectivity index (χ1n) is 5.99. The first-order chi connectivity index (χ1) is 9.93. The zero-order valence-corrected chi connectivity index (χ0v) is 11.2. The van der Waals surface area contributed by atoms with E-state index in [-0.39, 0.29) is 22.4 Å². The number of aromatic amines is 1. The van der Waals surface area contributed by atoms with Crippen molar-refractivity contribution in [3.8, 4) is 0 Å². The van der Waals surface area contributed by atoms with Crippen LogP contribution in [0.3, 0.4) is 0 Å². The first-order valence-corrected chi connectivity index (χ1v) is 6.37. The maximum Gasteiger partial charge on any atom is 0.280 e. The lowest BCUT2D eigenvalue weighted by Gasteiger charge is -2.17. The fourth-order valence-electron chi connectivity index (χ4n) is 2.29. The molecule has 0 spiro atoms. The van der Waals surface area contributed by atoms with E-state index in [0.29, 0.717) is 0 Å². The molecule has 6 N–H and O–H groups in total. The van der Waals surface area contributed by atoms with Crippen molar-refractivity contribution in [1.29, 1.82) is 0 Å². The molecule has 114 valence electrons. The summed E-state index contributed by atoms with van der Waals surface area (Å²) in [7, 11) is 0. The van der Waals surface area contributed by atoms with Crippen LogP contribution in [0.15, 0.2) is 4.79 Å². The molecule has 1 fully saturated rings. The highest BCUT2D eigenvalue weighted by Crippen LogP contribution is 2.33. The van der Waals surface area contributed by atoms with Gasteiger partial charge in [-0.2, -0.15) is 4.98 Å². The van der Waals surface area contributed by atoms with Crippen LogP contribution >= 0.6 is 11.6 Å². The minimum Gasteiger partial charge on any atom is -0.394 e. The van der Waals surface area contributed by atoms with Gasteiger partial charge in [0.15, 0.2) is 17.4 Å². The predicted octanol–water partition coefficient (Wildman–Crippen LogP) is -2.03. The number of hydrogen-bond donors (Lipinski definition) is 5. The summed E-state index contributed by atoms with van der Waals surface area (Å²) in [5.41, 5.74) is 4.81. The Morgan fingerprint density at radius 1 is 1.38 bits per heavy atom. The average Bonchev–Trinajstić information content (AvgIpc) is 2.89. The van der Waals surface area contributed by atoms with Gasteiger partial charge in [0.25, 0.3) is 5.56 Å². The number of nitrogens with two attached hydrogens (primary N) is 1. The number of aliphatic hydroxyl groups excluding tert-OH is 3. The van der Waals surface area contributed by atoms with Crippen LogP contribution in [0, 0.1) is 0 Å². The molecule has 3 rings (SSSR count). The summed E-state index contributed by atoms with van der Waals surface area (Å²) in [6.45, 7) is -0.491. The number of imidazole rings is 1. The summed E-state index contributed by atoms with van der Waals surface area (Å²) < 4.78 is 6.49. The number of hydrogen-bond acceptors (Lipinski definition) is 8. The van der Waals surface area contributed by atoms with E-state index >= 15 is 0 Å². The van der Waals surface area contributed by atoms with E-state index in [1.165, 1.54) is 0 Å². The van der Waals surface area contributed by atoms with Crippen LogP contribution in [0.25, 0.3) is 11.2 Å². The third-order valence-electron chi connectivity index (χ3n) is 3.30. The quantitative estimate of drug-likeness (QED) is 0.396. The van der Waals surface area contributed by atoms with Crippen molar-refractivity contribution < 1.29 is 20.1 Å². The molecule has 3 heterocycles. The van der Waals surface area contributed by atoms with E-state index < -0.39 is 36.7 Å². The molecule has 1 saturated heterocycles. The predicted molar refractivity (Wildman–Crippen MR) is 70.6 cm³/mol. The van der Waals surface area contributed by atoms with Gasteiger partial charge in [0.2, 0.25) is 11.2 Å². The van der Waals surface area contributed by atoms with Gasteiger partial charge in [0.1, 0.15) is 18.3 Å². The van der Waals surface area contributed by atoms with Crippen LogP contribution in [0.2, 0.25) is 5.28 Å². The van der Waals surface area contributed by atoms with Crippen molar-refractivity contribution in [3.63, 3.8) is 0 Å². The Kier molecular flexibility index (Phi) is 3.34. The maximum absolute atomic E-state index is 11.7. The van der Waals surface area contributed by atoms with Gasteiger partial charge < -0.3 is 25.8 Å². The standard InChI is InChI=1S/C10H12ClN5O5/c11-9-13-3-6(14-10(12)15-7(3)20)16(9)8-5(19)4(18)2(1-17)21-8/h2,4-5,8,17-19H,1H2,(H3,12,14,15,20)/t2-,4?,5+,8-/m1/s1. The van der Waals surface area contributed by atoms with Gasteiger partial charge in [-0.1, -0.05) is 0 Å². The molecule has 0 bridgehead atoms. The highest BCUT2D eigenvalue weighted by atomic mass is 35.5. The summed E-state index contributed by atoms with van der Waals surface area (Å²) in [6, 6.07) is 0. The van der Waals surface area contributed by atoms with E-state index in [2.05, 4.69) is 15.0 Å². The molecule has 1 aliphatic heterocycles. The lowest BCUT2D eigenvalue weighted by Crippen LogP contribution is -2.33. The number of aliphatic hydroxyl groups is 3. The molecule has 4 atom stereocenters. The number of halogens is 1. The fourth-order valence-corrected chi connectivity index (χ4v) is 2.55. The number of H-pyrrole nitrogens is 1. The topological polar surface area (TPSA) is 160 Å². The average molecular weight is 318 g/mol. The normalized spacial score (nSPS) is 29.3. The number of fused-ring (bicyclic) bond motifs is 1. The fraction of sp³-hybridized carbons (Fsp3) is 0.500. The number of ether oxygens (including phenoxy) is 1. The van der Waals surface area contributed by atoms with E-state index in [1.807, 2.05) is 0 Å². The first kappa shape index (κ1) is 14.2. The number of nitrogen functional groups attached to an aromatic ring is 1. The van der Waals surface area contributed by atoms with Gasteiger partial charge in [-0.15, -0.1) is 0 Å². The Labute approximate surface area is 121 Å². The summed E-state index contributed by atoms with van der Waals surface area (Å²) in [5.74, 6) is -0.155. The lowest BCUT2D eigenvalue weighted by atomic mass is 10.1. The van der Waals surface area contributed by atoms with Crippen molar-refractivity contribution in [2.45, 2.75) is 24.5 Å². The van der Waals surface area contributed by atoms with Crippen molar-refractivity contribution in [1.82, 2.24) is 19.5 Å². The van der Waals surface area contributed by atoms with Crippen LogP contribution in [0.4, 0.5) is 5.95 Å². The number of nitrogens with zero attached hydrogens (tertiary/aromatic N) is 3. The van der Waals surface area contributed by atoms with Gasteiger partial charge in [0, 0.05) is 0 Å². The van der Waals surface area contributed by atoms with Crippen molar-refractivity contribution in [3.05, 3.63) is 15.6 Å². The molecular formula is C10H12ClN5O5. The summed E-state index contributed by atoms with van der Waals surface area (Å²) in [4.78, 5) is 21.8. The molecule has 2 aromatic rings. The Bertz CT molecular complexity index is 745. The molecule has 0 saturated carbocycles. The van der Waals surface area contributed by atoms with E-state index in [0.717, 1.165) is 4.57 Å². The summed E-state index contributed by atoms with van der Waals surface area (Å²) in [6.07, 6.45) is -4.83. The monoisotopic (exact) mass is 317 g/mol. The largest absolute Gasteiger partial charge is 0.394 e. The van der Waals surface area contributed by atoms with Gasteiger partial charge in [-0.3, -0.25) is 14.3 Å². The molecular weight excluding hydrogens is 306 g/mol. The Morgan fingerprint density at radius 3 is 2.71 bits per heavy atom. The molecule has 0 radical (unpaired) electrons. The summed E-state index contributed by atoms with van der Waals surface area (Å²) in [5, 5.41) is 28.7. The summed E-state index contributed by atoms with van der Waals surface area (Å²) >= 11 is 5.96. The number of anilines is 1. The zero-order valence-electron chi connectivity index (χ0n) is 10.5. The maximum atomic E-state index is 11.7. The minimum absolute atomic E-state index is 0.0103. The molecule has 11 heteroatoms.